The number of carbonyl (C=O) groups excluding carboxylic acids is 1. The number of anilines is 1. The van der Waals surface area contributed by atoms with E-state index in [0.29, 0.717) is 13.1 Å². The van der Waals surface area contributed by atoms with Crippen LogP contribution in [0.5, 0.6) is 5.75 Å². The van der Waals surface area contributed by atoms with Gasteiger partial charge in [0.05, 0.1) is 13.7 Å². The van der Waals surface area contributed by atoms with Crippen molar-refractivity contribution in [2.24, 2.45) is 5.73 Å². The van der Waals surface area contributed by atoms with Crippen molar-refractivity contribution < 1.29 is 9.53 Å². The van der Waals surface area contributed by atoms with Crippen molar-refractivity contribution >= 4 is 11.6 Å². The van der Waals surface area contributed by atoms with Crippen LogP contribution >= 0.6 is 0 Å². The molecular weight excluding hydrogens is 266 g/mol. The summed E-state index contributed by atoms with van der Waals surface area (Å²) in [6.45, 7) is 5.08. The standard InChI is InChI=1S/C16H27N3O2/c1-5-16(6-2,12-17)19(3)11-15(20)18-13-7-9-14(21-4)10-8-13/h7-10H,5-6,11-12,17H2,1-4H3,(H,18,20). The van der Waals surface area contributed by atoms with Crippen LogP contribution in [0, 0.1) is 0 Å². The minimum Gasteiger partial charge on any atom is -0.497 e. The third kappa shape index (κ3) is 4.44. The smallest absolute Gasteiger partial charge is 0.238 e. The molecule has 0 aliphatic heterocycles. The van der Waals surface area contributed by atoms with Gasteiger partial charge in [-0.3, -0.25) is 9.69 Å². The van der Waals surface area contributed by atoms with Gasteiger partial charge < -0.3 is 15.8 Å². The molecule has 0 fully saturated rings. The first-order valence-corrected chi connectivity index (χ1v) is 7.36. The summed E-state index contributed by atoms with van der Waals surface area (Å²) < 4.78 is 5.09. The fraction of sp³-hybridized carbons (Fsp3) is 0.562. The predicted octanol–water partition coefficient (Wildman–Crippen LogP) is 2.08. The molecule has 0 atom stereocenters. The van der Waals surface area contributed by atoms with E-state index in [1.807, 2.05) is 36.2 Å². The summed E-state index contributed by atoms with van der Waals surface area (Å²) in [6, 6.07) is 7.29. The highest BCUT2D eigenvalue weighted by Gasteiger charge is 2.30. The molecule has 0 unspecified atom stereocenters. The van der Waals surface area contributed by atoms with E-state index in [2.05, 4.69) is 19.2 Å². The van der Waals surface area contributed by atoms with Crippen molar-refractivity contribution in [3.8, 4) is 5.75 Å². The van der Waals surface area contributed by atoms with Gasteiger partial charge >= 0.3 is 0 Å². The van der Waals surface area contributed by atoms with Crippen LogP contribution in [0.4, 0.5) is 5.69 Å². The van der Waals surface area contributed by atoms with Gasteiger partial charge in [0.25, 0.3) is 0 Å². The number of ether oxygens (including phenoxy) is 1. The van der Waals surface area contributed by atoms with Gasteiger partial charge in [-0.05, 0) is 44.2 Å². The second-order valence-corrected chi connectivity index (χ2v) is 5.27. The molecular formula is C16H27N3O2. The Labute approximate surface area is 127 Å². The normalized spacial score (nSPS) is 11.5. The number of hydrogen-bond acceptors (Lipinski definition) is 4. The highest BCUT2D eigenvalue weighted by Crippen LogP contribution is 2.21. The molecule has 1 aromatic rings. The Morgan fingerprint density at radius 2 is 1.86 bits per heavy atom. The van der Waals surface area contributed by atoms with E-state index >= 15 is 0 Å². The van der Waals surface area contributed by atoms with Crippen LogP contribution in [-0.2, 0) is 4.79 Å². The van der Waals surface area contributed by atoms with Crippen molar-refractivity contribution in [3.05, 3.63) is 24.3 Å². The highest BCUT2D eigenvalue weighted by atomic mass is 16.5. The molecule has 118 valence electrons. The number of methoxy groups -OCH3 is 1. The first-order chi connectivity index (χ1) is 10.0. The Hall–Kier alpha value is -1.59. The summed E-state index contributed by atoms with van der Waals surface area (Å²) >= 11 is 0. The fourth-order valence-corrected chi connectivity index (χ4v) is 2.49. The quantitative estimate of drug-likeness (QED) is 0.770. The number of nitrogens with one attached hydrogen (secondary N) is 1. The number of benzene rings is 1. The Morgan fingerprint density at radius 1 is 1.29 bits per heavy atom. The maximum atomic E-state index is 12.1. The molecule has 3 N–H and O–H groups in total. The zero-order chi connectivity index (χ0) is 15.9. The minimum atomic E-state index is -0.114. The molecule has 0 radical (unpaired) electrons. The Balaban J connectivity index is 2.63. The van der Waals surface area contributed by atoms with Gasteiger partial charge in [-0.15, -0.1) is 0 Å². The van der Waals surface area contributed by atoms with Gasteiger partial charge in [0.1, 0.15) is 5.75 Å². The maximum Gasteiger partial charge on any atom is 0.238 e. The summed E-state index contributed by atoms with van der Waals surface area (Å²) in [5.41, 5.74) is 6.55. The first kappa shape index (κ1) is 17.5. The monoisotopic (exact) mass is 293 g/mol. The van der Waals surface area contributed by atoms with Gasteiger partial charge in [-0.1, -0.05) is 13.8 Å². The Kier molecular flexibility index (Phi) is 6.65. The van der Waals surface area contributed by atoms with Crippen molar-refractivity contribution in [1.29, 1.82) is 0 Å². The van der Waals surface area contributed by atoms with Gasteiger partial charge in [0.15, 0.2) is 0 Å². The van der Waals surface area contributed by atoms with E-state index in [1.54, 1.807) is 7.11 Å². The lowest BCUT2D eigenvalue weighted by Crippen LogP contribution is -2.53. The zero-order valence-corrected chi connectivity index (χ0v) is 13.5. The van der Waals surface area contributed by atoms with E-state index in [9.17, 15) is 4.79 Å². The Bertz CT molecular complexity index is 433. The maximum absolute atomic E-state index is 12.1. The summed E-state index contributed by atoms with van der Waals surface area (Å²) in [4.78, 5) is 14.2. The third-order valence-electron chi connectivity index (χ3n) is 4.26. The van der Waals surface area contributed by atoms with Crippen LogP contribution < -0.4 is 15.8 Å². The van der Waals surface area contributed by atoms with E-state index in [-0.39, 0.29) is 11.4 Å². The molecule has 1 aromatic carbocycles. The molecule has 0 saturated heterocycles. The molecule has 0 aliphatic carbocycles. The lowest BCUT2D eigenvalue weighted by atomic mass is 9.91. The van der Waals surface area contributed by atoms with Crippen LogP contribution in [0.3, 0.4) is 0 Å². The van der Waals surface area contributed by atoms with Crippen molar-refractivity contribution in [2.45, 2.75) is 32.2 Å². The molecule has 5 nitrogen and oxygen atoms in total. The van der Waals surface area contributed by atoms with E-state index in [4.69, 9.17) is 10.5 Å². The van der Waals surface area contributed by atoms with E-state index < -0.39 is 0 Å². The lowest BCUT2D eigenvalue weighted by molar-refractivity contribution is -0.118. The second kappa shape index (κ2) is 8.00. The van der Waals surface area contributed by atoms with Crippen LogP contribution in [-0.4, -0.2) is 43.6 Å². The van der Waals surface area contributed by atoms with Crippen LogP contribution in [0.2, 0.25) is 0 Å². The number of likely N-dealkylation sites (N-methyl/N-ethyl adjacent to an activating group) is 1. The lowest BCUT2D eigenvalue weighted by Gasteiger charge is -2.39. The molecule has 0 bridgehead atoms. The van der Waals surface area contributed by atoms with E-state index in [0.717, 1.165) is 24.3 Å². The number of hydrogen-bond donors (Lipinski definition) is 2. The molecule has 5 heteroatoms. The van der Waals surface area contributed by atoms with Gasteiger partial charge in [-0.2, -0.15) is 0 Å². The molecule has 1 rings (SSSR count). The fourth-order valence-electron chi connectivity index (χ4n) is 2.49. The van der Waals surface area contributed by atoms with Crippen molar-refractivity contribution in [2.75, 3.05) is 32.6 Å². The van der Waals surface area contributed by atoms with Crippen LogP contribution in [0.15, 0.2) is 24.3 Å². The van der Waals surface area contributed by atoms with Gasteiger partial charge in [-0.25, -0.2) is 0 Å². The van der Waals surface area contributed by atoms with Gasteiger partial charge in [0, 0.05) is 17.8 Å². The molecule has 0 aliphatic rings. The molecule has 0 aromatic heterocycles. The van der Waals surface area contributed by atoms with Gasteiger partial charge in [0.2, 0.25) is 5.91 Å². The number of nitrogens with zero attached hydrogens (tertiary/aromatic N) is 1. The summed E-state index contributed by atoms with van der Waals surface area (Å²) in [7, 11) is 3.57. The molecule has 0 heterocycles. The third-order valence-corrected chi connectivity index (χ3v) is 4.26. The topological polar surface area (TPSA) is 67.6 Å². The van der Waals surface area contributed by atoms with Crippen LogP contribution in [0.25, 0.3) is 0 Å². The number of rotatable bonds is 8. The van der Waals surface area contributed by atoms with Crippen molar-refractivity contribution in [1.82, 2.24) is 4.90 Å². The number of carbonyl (C=O) groups is 1. The second-order valence-electron chi connectivity index (χ2n) is 5.27. The van der Waals surface area contributed by atoms with Crippen LogP contribution in [0.1, 0.15) is 26.7 Å². The average molecular weight is 293 g/mol. The molecule has 21 heavy (non-hydrogen) atoms. The highest BCUT2D eigenvalue weighted by molar-refractivity contribution is 5.92. The molecule has 0 saturated carbocycles. The zero-order valence-electron chi connectivity index (χ0n) is 13.5. The summed E-state index contributed by atoms with van der Waals surface area (Å²) in [5.74, 6) is 0.728. The number of amides is 1. The van der Waals surface area contributed by atoms with Crippen molar-refractivity contribution in [3.63, 3.8) is 0 Å². The largest absolute Gasteiger partial charge is 0.497 e. The molecule has 1 amide bonds. The SMILES string of the molecule is CCC(CC)(CN)N(C)CC(=O)Nc1ccc(OC)cc1. The predicted molar refractivity (Wildman–Crippen MR) is 86.6 cm³/mol. The summed E-state index contributed by atoms with van der Waals surface area (Å²) in [5, 5.41) is 2.89. The van der Waals surface area contributed by atoms with E-state index in [1.165, 1.54) is 0 Å². The average Bonchev–Trinajstić information content (AvgIpc) is 2.50. The first-order valence-electron chi connectivity index (χ1n) is 7.36. The number of nitrogens with two attached hydrogens (primary N) is 1. The minimum absolute atomic E-state index is 0.0395. The molecule has 0 spiro atoms. The Morgan fingerprint density at radius 3 is 2.29 bits per heavy atom. The summed E-state index contributed by atoms with van der Waals surface area (Å²) in [6.07, 6.45) is 1.85.